The Morgan fingerprint density at radius 2 is 1.96 bits per heavy atom. The van der Waals surface area contributed by atoms with Crippen LogP contribution in [0.5, 0.6) is 5.88 Å². The van der Waals surface area contributed by atoms with Gasteiger partial charge in [-0.3, -0.25) is 9.78 Å². The maximum Gasteiger partial charge on any atom is 0.307 e. The molecule has 0 aliphatic carbocycles. The first kappa shape index (κ1) is 16.5. The Kier molecular flexibility index (Phi) is 4.51. The molecule has 1 aliphatic rings. The van der Waals surface area contributed by atoms with Gasteiger partial charge in [0.1, 0.15) is 0 Å². The smallest absolute Gasteiger partial charge is 0.307 e. The lowest BCUT2D eigenvalue weighted by Gasteiger charge is -2.15. The zero-order valence-electron chi connectivity index (χ0n) is 14.2. The Bertz CT molecular complexity index is 1040. The molecular weight excluding hydrogens is 344 g/mol. The Hall–Kier alpha value is -2.97. The van der Waals surface area contributed by atoms with Gasteiger partial charge in [-0.2, -0.15) is 0 Å². The third-order valence-electron chi connectivity index (χ3n) is 4.51. The van der Waals surface area contributed by atoms with E-state index in [9.17, 15) is 9.90 Å². The fourth-order valence-electron chi connectivity index (χ4n) is 3.17. The summed E-state index contributed by atoms with van der Waals surface area (Å²) in [6.07, 6.45) is 1.62. The molecule has 0 spiro atoms. The Morgan fingerprint density at radius 3 is 2.73 bits per heavy atom. The van der Waals surface area contributed by atoms with Crippen LogP contribution < -0.4 is 9.77 Å². The lowest BCUT2D eigenvalue weighted by atomic mass is 10.1. The van der Waals surface area contributed by atoms with Crippen molar-refractivity contribution >= 4 is 17.0 Å². The van der Waals surface area contributed by atoms with Gasteiger partial charge in [0.15, 0.2) is 0 Å². The van der Waals surface area contributed by atoms with E-state index < -0.39 is 0 Å². The van der Waals surface area contributed by atoms with E-state index in [1.165, 1.54) is 11.3 Å². The number of anilines is 1. The van der Waals surface area contributed by atoms with Gasteiger partial charge in [-0.05, 0) is 35.7 Å². The molecule has 0 fully saturated rings. The molecule has 5 heteroatoms. The molecule has 1 aromatic heterocycles. The van der Waals surface area contributed by atoms with Crippen LogP contribution in [0, 0.1) is 11.8 Å². The van der Waals surface area contributed by atoms with Crippen molar-refractivity contribution in [2.24, 2.45) is 0 Å². The lowest BCUT2D eigenvalue weighted by Crippen LogP contribution is -2.20. The van der Waals surface area contributed by atoms with Crippen LogP contribution >= 0.6 is 11.3 Å². The number of rotatable bonds is 3. The molecule has 0 bridgehead atoms. The highest BCUT2D eigenvalue weighted by Gasteiger charge is 2.16. The van der Waals surface area contributed by atoms with Gasteiger partial charge in [-0.25, -0.2) is 0 Å². The molecule has 0 radical (unpaired) electrons. The van der Waals surface area contributed by atoms with Crippen molar-refractivity contribution in [1.29, 1.82) is 0 Å². The molecular formula is C21H18N2O2S. The maximum absolute atomic E-state index is 11.2. The van der Waals surface area contributed by atoms with E-state index in [1.54, 1.807) is 0 Å². The predicted octanol–water partition coefficient (Wildman–Crippen LogP) is 3.15. The van der Waals surface area contributed by atoms with Crippen LogP contribution in [0.1, 0.15) is 21.6 Å². The zero-order chi connectivity index (χ0) is 17.9. The Balaban J connectivity index is 1.40. The SMILES string of the molecule is O=c1[nH]c(O)c(Cc2ccc(C#CCN3CCc4ccccc43)cc2)s1. The highest BCUT2D eigenvalue weighted by Crippen LogP contribution is 2.26. The van der Waals surface area contributed by atoms with E-state index in [0.717, 1.165) is 42.0 Å². The summed E-state index contributed by atoms with van der Waals surface area (Å²) < 4.78 is 0. The van der Waals surface area contributed by atoms with E-state index in [0.29, 0.717) is 11.3 Å². The Labute approximate surface area is 155 Å². The number of aromatic amines is 1. The molecule has 0 unspecified atom stereocenters. The standard InChI is InChI=1S/C21H18N2O2S/c24-20-19(26-21(25)22-20)14-16-9-7-15(8-10-16)4-3-12-23-13-11-17-5-1-2-6-18(17)23/h1-2,5-10,24H,11-14H2,(H,22,25). The van der Waals surface area contributed by atoms with E-state index in [-0.39, 0.29) is 10.8 Å². The predicted molar refractivity (Wildman–Crippen MR) is 105 cm³/mol. The van der Waals surface area contributed by atoms with Crippen molar-refractivity contribution in [2.45, 2.75) is 12.8 Å². The molecule has 3 aromatic rings. The van der Waals surface area contributed by atoms with Crippen molar-refractivity contribution in [3.63, 3.8) is 0 Å². The minimum absolute atomic E-state index is 0.0326. The molecule has 130 valence electrons. The first-order valence-electron chi connectivity index (χ1n) is 8.50. The van der Waals surface area contributed by atoms with Gasteiger partial charge in [0.25, 0.3) is 0 Å². The Morgan fingerprint density at radius 1 is 1.15 bits per heavy atom. The summed E-state index contributed by atoms with van der Waals surface area (Å²) in [7, 11) is 0. The minimum atomic E-state index is -0.233. The number of nitrogens with one attached hydrogen (secondary N) is 1. The topological polar surface area (TPSA) is 56.3 Å². The average Bonchev–Trinajstić information content (AvgIpc) is 3.19. The van der Waals surface area contributed by atoms with E-state index in [4.69, 9.17) is 0 Å². The van der Waals surface area contributed by atoms with E-state index in [1.807, 2.05) is 24.3 Å². The third-order valence-corrected chi connectivity index (χ3v) is 5.38. The van der Waals surface area contributed by atoms with Crippen LogP contribution in [0.3, 0.4) is 0 Å². The maximum atomic E-state index is 11.2. The zero-order valence-corrected chi connectivity index (χ0v) is 15.0. The van der Waals surface area contributed by atoms with Gasteiger partial charge in [0.2, 0.25) is 5.88 Å². The summed E-state index contributed by atoms with van der Waals surface area (Å²) in [5.41, 5.74) is 4.69. The van der Waals surface area contributed by atoms with Crippen LogP contribution in [0.4, 0.5) is 5.69 Å². The summed E-state index contributed by atoms with van der Waals surface area (Å²) in [5.74, 6) is 6.44. The molecule has 0 saturated carbocycles. The van der Waals surface area contributed by atoms with Crippen LogP contribution in [0.2, 0.25) is 0 Å². The first-order valence-corrected chi connectivity index (χ1v) is 9.32. The fraction of sp³-hybridized carbons (Fsp3) is 0.190. The second kappa shape index (κ2) is 7.11. The van der Waals surface area contributed by atoms with Gasteiger partial charge in [0, 0.05) is 24.2 Å². The molecule has 2 heterocycles. The van der Waals surface area contributed by atoms with Crippen molar-refractivity contribution in [1.82, 2.24) is 4.98 Å². The largest absolute Gasteiger partial charge is 0.494 e. The van der Waals surface area contributed by atoms with E-state index in [2.05, 4.69) is 46.0 Å². The van der Waals surface area contributed by atoms with Crippen LogP contribution in [-0.2, 0) is 12.8 Å². The molecule has 1 aliphatic heterocycles. The summed E-state index contributed by atoms with van der Waals surface area (Å²) in [6.45, 7) is 1.75. The van der Waals surface area contributed by atoms with Crippen molar-refractivity contribution in [3.05, 3.63) is 79.8 Å². The number of H-pyrrole nitrogens is 1. The number of aromatic nitrogens is 1. The van der Waals surface area contributed by atoms with Gasteiger partial charge in [-0.15, -0.1) is 0 Å². The molecule has 0 amide bonds. The van der Waals surface area contributed by atoms with Gasteiger partial charge >= 0.3 is 4.87 Å². The molecule has 0 atom stereocenters. The normalized spacial score (nSPS) is 12.5. The third kappa shape index (κ3) is 3.51. The van der Waals surface area contributed by atoms with Gasteiger partial charge in [0.05, 0.1) is 11.4 Å². The second-order valence-corrected chi connectivity index (χ2v) is 7.33. The molecule has 0 saturated heterocycles. The summed E-state index contributed by atoms with van der Waals surface area (Å²) >= 11 is 1.04. The molecule has 4 rings (SSSR count). The highest BCUT2D eigenvalue weighted by atomic mass is 32.1. The van der Waals surface area contributed by atoms with Gasteiger partial charge < -0.3 is 10.0 Å². The van der Waals surface area contributed by atoms with Crippen LogP contribution in [0.15, 0.2) is 53.3 Å². The minimum Gasteiger partial charge on any atom is -0.494 e. The number of fused-ring (bicyclic) bond motifs is 1. The van der Waals surface area contributed by atoms with Crippen molar-refractivity contribution in [2.75, 3.05) is 18.0 Å². The van der Waals surface area contributed by atoms with Crippen LogP contribution in [0.25, 0.3) is 0 Å². The van der Waals surface area contributed by atoms with Crippen LogP contribution in [-0.4, -0.2) is 23.2 Å². The second-order valence-electron chi connectivity index (χ2n) is 6.26. The number of para-hydroxylation sites is 1. The average molecular weight is 362 g/mol. The lowest BCUT2D eigenvalue weighted by molar-refractivity contribution is 0.451. The molecule has 4 nitrogen and oxygen atoms in total. The number of aromatic hydroxyl groups is 1. The summed E-state index contributed by atoms with van der Waals surface area (Å²) in [6, 6.07) is 16.4. The number of thiazole rings is 1. The molecule has 2 aromatic carbocycles. The van der Waals surface area contributed by atoms with Gasteiger partial charge in [-0.1, -0.05) is 53.5 Å². The molecule has 26 heavy (non-hydrogen) atoms. The number of hydrogen-bond acceptors (Lipinski definition) is 4. The highest BCUT2D eigenvalue weighted by molar-refractivity contribution is 7.09. The first-order chi connectivity index (χ1) is 12.7. The fourth-order valence-corrected chi connectivity index (χ4v) is 3.93. The van der Waals surface area contributed by atoms with Crippen molar-refractivity contribution in [3.8, 4) is 17.7 Å². The van der Waals surface area contributed by atoms with E-state index >= 15 is 0 Å². The monoisotopic (exact) mass is 362 g/mol. The number of benzene rings is 2. The quantitative estimate of drug-likeness (QED) is 0.704. The molecule has 2 N–H and O–H groups in total. The number of hydrogen-bond donors (Lipinski definition) is 2. The summed E-state index contributed by atoms with van der Waals surface area (Å²) in [5, 5.41) is 9.66. The number of nitrogens with zero attached hydrogens (tertiary/aromatic N) is 1. The summed E-state index contributed by atoms with van der Waals surface area (Å²) in [4.78, 5) is 16.4. The van der Waals surface area contributed by atoms with Crippen molar-refractivity contribution < 1.29 is 5.11 Å².